The van der Waals surface area contributed by atoms with Crippen molar-refractivity contribution in [1.82, 2.24) is 0 Å². The molecule has 0 rings (SSSR count). The van der Waals surface area contributed by atoms with Crippen molar-refractivity contribution in [3.63, 3.8) is 0 Å². The fourth-order valence-corrected chi connectivity index (χ4v) is 0.538. The molecule has 0 spiro atoms. The zero-order valence-electron chi connectivity index (χ0n) is 6.80. The van der Waals surface area contributed by atoms with Crippen LogP contribution in [0.4, 0.5) is 43.9 Å². The Balaban J connectivity index is 5.30. The first-order valence-corrected chi connectivity index (χ1v) is 3.23. The maximum absolute atomic E-state index is 12.0. The number of rotatable bonds is 2. The van der Waals surface area contributed by atoms with Crippen molar-refractivity contribution in [2.75, 3.05) is 0 Å². The molecule has 11 heteroatoms. The van der Waals surface area contributed by atoms with Crippen LogP contribution in [0.1, 0.15) is 0 Å². The van der Waals surface area contributed by atoms with E-state index in [1.54, 1.807) is 0 Å². The Morgan fingerprint density at radius 2 is 0.750 bits per heavy atom. The van der Waals surface area contributed by atoms with Crippen molar-refractivity contribution in [3.8, 4) is 0 Å². The maximum atomic E-state index is 12.0. The molecule has 0 unspecified atom stereocenters. The Labute approximate surface area is 80.6 Å². The fourth-order valence-electron chi connectivity index (χ4n) is 0.538. The lowest BCUT2D eigenvalue weighted by atomic mass is 10.1. The van der Waals surface area contributed by atoms with Crippen LogP contribution in [-0.2, 0) is 0 Å². The molecule has 0 radical (unpaired) electrons. The van der Waals surface area contributed by atoms with Crippen LogP contribution in [0.5, 0.6) is 0 Å². The minimum Gasteiger partial charge on any atom is -0.380 e. The smallest absolute Gasteiger partial charge is 0.380 e. The molecule has 0 aromatic heterocycles. The number of hydrogen-bond donors (Lipinski definition) is 1. The quantitative estimate of drug-likeness (QED) is 0.763. The predicted molar refractivity (Wildman–Crippen MR) is 28.0 cm³/mol. The molecule has 0 aliphatic heterocycles. The SMILES string of the molecule is OC(C(F)(F)C(F)(F)F)C(F)(F)C(F)(F)F. The van der Waals surface area contributed by atoms with Crippen molar-refractivity contribution in [3.05, 3.63) is 0 Å². The third kappa shape index (κ3) is 2.33. The lowest BCUT2D eigenvalue weighted by molar-refractivity contribution is -0.384. The van der Waals surface area contributed by atoms with E-state index < -0.39 is 30.3 Å². The van der Waals surface area contributed by atoms with Crippen molar-refractivity contribution in [2.45, 2.75) is 30.3 Å². The summed E-state index contributed by atoms with van der Waals surface area (Å²) in [5.41, 5.74) is 0. The summed E-state index contributed by atoms with van der Waals surface area (Å²) in [6, 6.07) is 0. The van der Waals surface area contributed by atoms with E-state index in [4.69, 9.17) is 5.11 Å². The van der Waals surface area contributed by atoms with Gasteiger partial charge in [-0.25, -0.2) is 0 Å². The van der Waals surface area contributed by atoms with E-state index in [2.05, 4.69) is 0 Å². The Kier molecular flexibility index (Phi) is 3.47. The fraction of sp³-hybridized carbons (Fsp3) is 1.00. The topological polar surface area (TPSA) is 20.2 Å². The van der Waals surface area contributed by atoms with Crippen LogP contribution in [0, 0.1) is 0 Å². The van der Waals surface area contributed by atoms with E-state index in [1.807, 2.05) is 0 Å². The van der Waals surface area contributed by atoms with Gasteiger partial charge in [0.05, 0.1) is 0 Å². The van der Waals surface area contributed by atoms with Gasteiger partial charge in [0, 0.05) is 0 Å². The van der Waals surface area contributed by atoms with Gasteiger partial charge >= 0.3 is 24.2 Å². The van der Waals surface area contributed by atoms with E-state index in [0.717, 1.165) is 0 Å². The van der Waals surface area contributed by atoms with Crippen molar-refractivity contribution in [1.29, 1.82) is 0 Å². The first-order valence-electron chi connectivity index (χ1n) is 3.23. The van der Waals surface area contributed by atoms with E-state index in [-0.39, 0.29) is 0 Å². The zero-order chi connectivity index (χ0) is 13.6. The summed E-state index contributed by atoms with van der Waals surface area (Å²) in [6.45, 7) is 0. The molecule has 0 aromatic carbocycles. The molecule has 0 saturated carbocycles. The number of hydrogen-bond acceptors (Lipinski definition) is 1. The minimum absolute atomic E-state index is 5.24. The van der Waals surface area contributed by atoms with Gasteiger partial charge in [0.15, 0.2) is 0 Å². The van der Waals surface area contributed by atoms with Crippen LogP contribution in [0.2, 0.25) is 0 Å². The molecule has 0 aromatic rings. The highest BCUT2D eigenvalue weighted by Gasteiger charge is 2.75. The number of aliphatic hydroxyl groups excluding tert-OH is 1. The van der Waals surface area contributed by atoms with Crippen LogP contribution < -0.4 is 0 Å². The van der Waals surface area contributed by atoms with Gasteiger partial charge in [-0.1, -0.05) is 0 Å². The summed E-state index contributed by atoms with van der Waals surface area (Å²) in [6.07, 6.45) is -18.7. The van der Waals surface area contributed by atoms with Gasteiger partial charge in [-0.05, 0) is 0 Å². The Bertz CT molecular complexity index is 223. The average Bonchev–Trinajstić information content (AvgIpc) is 1.98. The third-order valence-corrected chi connectivity index (χ3v) is 1.44. The van der Waals surface area contributed by atoms with E-state index >= 15 is 0 Å². The second kappa shape index (κ2) is 3.64. The first-order chi connectivity index (χ1) is 6.65. The summed E-state index contributed by atoms with van der Waals surface area (Å²) in [5.74, 6) is -13.2. The molecule has 0 aliphatic carbocycles. The normalized spacial score (nSPS) is 15.8. The molecule has 0 fully saturated rings. The molecule has 0 saturated heterocycles. The van der Waals surface area contributed by atoms with Gasteiger partial charge in [-0.15, -0.1) is 0 Å². The summed E-state index contributed by atoms with van der Waals surface area (Å²) in [7, 11) is 0. The highest BCUT2D eigenvalue weighted by Crippen LogP contribution is 2.48. The van der Waals surface area contributed by atoms with Gasteiger partial charge < -0.3 is 5.11 Å². The zero-order valence-corrected chi connectivity index (χ0v) is 6.80. The number of aliphatic hydroxyl groups is 1. The molecule has 0 amide bonds. The lowest BCUT2D eigenvalue weighted by Gasteiger charge is -2.31. The molecule has 0 atom stereocenters. The Morgan fingerprint density at radius 3 is 0.875 bits per heavy atom. The first kappa shape index (κ1) is 15.3. The van der Waals surface area contributed by atoms with Crippen molar-refractivity contribution >= 4 is 0 Å². The molecule has 1 nitrogen and oxygen atoms in total. The monoisotopic (exact) mass is 268 g/mol. The molecular weight excluding hydrogens is 266 g/mol. The third-order valence-electron chi connectivity index (χ3n) is 1.44. The molecule has 0 bridgehead atoms. The minimum atomic E-state index is -6.72. The lowest BCUT2D eigenvalue weighted by Crippen LogP contribution is -2.60. The molecule has 0 aliphatic rings. The second-order valence-corrected chi connectivity index (χ2v) is 2.64. The summed E-state index contributed by atoms with van der Waals surface area (Å²) in [4.78, 5) is 0. The predicted octanol–water partition coefficient (Wildman–Crippen LogP) is 2.74. The second-order valence-electron chi connectivity index (χ2n) is 2.64. The molecular formula is C5H2F10O. The van der Waals surface area contributed by atoms with Gasteiger partial charge in [-0.3, -0.25) is 0 Å². The largest absolute Gasteiger partial charge is 0.456 e. The van der Waals surface area contributed by atoms with Crippen LogP contribution in [0.15, 0.2) is 0 Å². The van der Waals surface area contributed by atoms with Gasteiger partial charge in [0.25, 0.3) is 0 Å². The highest BCUT2D eigenvalue weighted by molar-refractivity contribution is 4.96. The molecule has 0 heterocycles. The number of alkyl halides is 10. The average molecular weight is 268 g/mol. The molecule has 16 heavy (non-hydrogen) atoms. The molecule has 1 N–H and O–H groups in total. The van der Waals surface area contributed by atoms with Crippen molar-refractivity contribution in [2.24, 2.45) is 0 Å². The van der Waals surface area contributed by atoms with E-state index in [1.165, 1.54) is 0 Å². The maximum Gasteiger partial charge on any atom is 0.456 e. The van der Waals surface area contributed by atoms with Gasteiger partial charge in [0.1, 0.15) is 0 Å². The highest BCUT2D eigenvalue weighted by atomic mass is 19.4. The summed E-state index contributed by atoms with van der Waals surface area (Å²) < 4.78 is 116. The summed E-state index contributed by atoms with van der Waals surface area (Å²) >= 11 is 0. The Morgan fingerprint density at radius 1 is 0.562 bits per heavy atom. The molecule has 98 valence electrons. The Hall–Kier alpha value is -0.740. The van der Waals surface area contributed by atoms with Gasteiger partial charge in [0.2, 0.25) is 6.10 Å². The summed E-state index contributed by atoms with van der Waals surface area (Å²) in [5, 5.41) is 7.84. The standard InChI is InChI=1S/C5H2F10O/c6-2(7,4(10,11)12)1(16)3(8,9)5(13,14)15/h1,16H. The van der Waals surface area contributed by atoms with E-state index in [0.29, 0.717) is 0 Å². The van der Waals surface area contributed by atoms with Crippen LogP contribution >= 0.6 is 0 Å². The van der Waals surface area contributed by atoms with Crippen LogP contribution in [0.3, 0.4) is 0 Å². The van der Waals surface area contributed by atoms with Crippen LogP contribution in [-0.4, -0.2) is 35.4 Å². The van der Waals surface area contributed by atoms with Crippen molar-refractivity contribution < 1.29 is 49.0 Å². The van der Waals surface area contributed by atoms with Gasteiger partial charge in [-0.2, -0.15) is 43.9 Å². The number of halogens is 10. The van der Waals surface area contributed by atoms with E-state index in [9.17, 15) is 43.9 Å². The van der Waals surface area contributed by atoms with Crippen LogP contribution in [0.25, 0.3) is 0 Å².